The quantitative estimate of drug-likeness (QED) is 0.516. The Morgan fingerprint density at radius 3 is 2.88 bits per heavy atom. The zero-order valence-corrected chi connectivity index (χ0v) is 13.9. The van der Waals surface area contributed by atoms with Gasteiger partial charge >= 0.3 is 5.97 Å². The summed E-state index contributed by atoms with van der Waals surface area (Å²) in [5.41, 5.74) is 1.08. The third-order valence-corrected chi connectivity index (χ3v) is 5.33. The monoisotopic (exact) mass is 345 g/mol. The molecule has 124 valence electrons. The summed E-state index contributed by atoms with van der Waals surface area (Å²) in [5, 5.41) is 10.9. The number of hydrogen-bond donors (Lipinski definition) is 1. The van der Waals surface area contributed by atoms with Crippen molar-refractivity contribution in [3.63, 3.8) is 0 Å². The van der Waals surface area contributed by atoms with Crippen LogP contribution in [0.25, 0.3) is 11.1 Å². The normalized spacial score (nSPS) is 19.2. The fourth-order valence-electron chi connectivity index (χ4n) is 2.77. The van der Waals surface area contributed by atoms with Crippen LogP contribution in [0.3, 0.4) is 0 Å². The number of methoxy groups -OCH3 is 1. The van der Waals surface area contributed by atoms with Gasteiger partial charge in [-0.05, 0) is 12.5 Å². The highest BCUT2D eigenvalue weighted by Gasteiger charge is 2.46. The van der Waals surface area contributed by atoms with E-state index < -0.39 is 17.8 Å². The van der Waals surface area contributed by atoms with Crippen LogP contribution in [-0.4, -0.2) is 28.7 Å². The third kappa shape index (κ3) is 2.19. The van der Waals surface area contributed by atoms with Crippen LogP contribution in [-0.2, 0) is 20.1 Å². The van der Waals surface area contributed by atoms with Crippen molar-refractivity contribution in [2.24, 2.45) is 0 Å². The maximum Gasteiger partial charge on any atom is 0.330 e. The minimum absolute atomic E-state index is 0.159. The Hall–Kier alpha value is -2.40. The van der Waals surface area contributed by atoms with Crippen LogP contribution in [0.5, 0.6) is 0 Å². The number of hydrogen-bond acceptors (Lipinski definition) is 6. The molecule has 1 aliphatic rings. The first-order chi connectivity index (χ1) is 11.5. The summed E-state index contributed by atoms with van der Waals surface area (Å²) in [6.45, 7) is 1.39. The lowest BCUT2D eigenvalue weighted by Crippen LogP contribution is -2.27. The summed E-state index contributed by atoms with van der Waals surface area (Å²) in [7, 11) is 1.37. The standard InChI is InChI=1S/C17H15NO5S/c1-4-9-23-16(20)10(2)18-15(19)13-11-7-5-6-8-12(11)17(21,22-3)14(13)24-18/h1,5-8,10,21H,9H2,2-3H3. The minimum atomic E-state index is -1.70. The summed E-state index contributed by atoms with van der Waals surface area (Å²) >= 11 is 0.983. The van der Waals surface area contributed by atoms with Gasteiger partial charge in [-0.2, -0.15) is 0 Å². The molecule has 2 aromatic rings. The van der Waals surface area contributed by atoms with Crippen molar-refractivity contribution >= 4 is 17.5 Å². The molecule has 2 unspecified atom stereocenters. The zero-order chi connectivity index (χ0) is 17.5. The highest BCUT2D eigenvalue weighted by molar-refractivity contribution is 7.07. The molecule has 6 nitrogen and oxygen atoms in total. The van der Waals surface area contributed by atoms with Gasteiger partial charge in [0.25, 0.3) is 5.56 Å². The average molecular weight is 345 g/mol. The fraction of sp³-hybridized carbons (Fsp3) is 0.294. The number of esters is 1. The molecular formula is C17H15NO5S. The molecule has 2 atom stereocenters. The molecule has 0 aliphatic heterocycles. The lowest BCUT2D eigenvalue weighted by atomic mass is 10.1. The van der Waals surface area contributed by atoms with Crippen LogP contribution < -0.4 is 5.56 Å². The van der Waals surface area contributed by atoms with E-state index in [1.165, 1.54) is 11.1 Å². The van der Waals surface area contributed by atoms with Crippen molar-refractivity contribution < 1.29 is 19.4 Å². The predicted octanol–water partition coefficient (Wildman–Crippen LogP) is 1.47. The van der Waals surface area contributed by atoms with E-state index in [4.69, 9.17) is 15.9 Å². The number of ether oxygens (including phenoxy) is 2. The van der Waals surface area contributed by atoms with E-state index in [0.29, 0.717) is 21.6 Å². The maximum absolute atomic E-state index is 12.8. The molecule has 3 rings (SSSR count). The molecule has 1 aromatic heterocycles. The first-order valence-corrected chi connectivity index (χ1v) is 7.96. The van der Waals surface area contributed by atoms with Gasteiger partial charge in [-0.25, -0.2) is 8.75 Å². The van der Waals surface area contributed by atoms with Gasteiger partial charge in [0, 0.05) is 12.7 Å². The number of nitrogens with zero attached hydrogens (tertiary/aromatic N) is 1. The van der Waals surface area contributed by atoms with E-state index >= 15 is 0 Å². The van der Waals surface area contributed by atoms with Gasteiger partial charge in [0.1, 0.15) is 6.04 Å². The molecular weight excluding hydrogens is 330 g/mol. The smallest absolute Gasteiger partial charge is 0.330 e. The van der Waals surface area contributed by atoms with Crippen LogP contribution in [0.4, 0.5) is 0 Å². The van der Waals surface area contributed by atoms with Crippen LogP contribution in [0, 0.1) is 12.3 Å². The van der Waals surface area contributed by atoms with E-state index in [1.54, 1.807) is 31.2 Å². The average Bonchev–Trinajstić information content (AvgIpc) is 3.07. The molecule has 0 radical (unpaired) electrons. The molecule has 0 bridgehead atoms. The fourth-order valence-corrected chi connectivity index (χ4v) is 3.99. The molecule has 7 heteroatoms. The first-order valence-electron chi connectivity index (χ1n) is 7.19. The third-order valence-electron chi connectivity index (χ3n) is 3.99. The largest absolute Gasteiger partial charge is 0.451 e. The molecule has 24 heavy (non-hydrogen) atoms. The molecule has 0 saturated heterocycles. The SMILES string of the molecule is C#CCOC(=O)C(C)n1sc2c(c1=O)-c1ccccc1C2(O)OC. The van der Waals surface area contributed by atoms with Gasteiger partial charge in [-0.15, -0.1) is 6.42 Å². The molecule has 1 heterocycles. The van der Waals surface area contributed by atoms with Gasteiger partial charge in [0.15, 0.2) is 6.61 Å². The van der Waals surface area contributed by atoms with Crippen molar-refractivity contribution in [3.05, 3.63) is 45.1 Å². The number of benzene rings is 1. The van der Waals surface area contributed by atoms with Crippen molar-refractivity contribution in [2.75, 3.05) is 13.7 Å². The van der Waals surface area contributed by atoms with E-state index in [-0.39, 0.29) is 12.2 Å². The Balaban J connectivity index is 2.13. The molecule has 0 spiro atoms. The minimum Gasteiger partial charge on any atom is -0.451 e. The van der Waals surface area contributed by atoms with Crippen molar-refractivity contribution in [1.29, 1.82) is 0 Å². The van der Waals surface area contributed by atoms with Crippen molar-refractivity contribution in [3.8, 4) is 23.5 Å². The molecule has 0 fully saturated rings. The Morgan fingerprint density at radius 2 is 2.21 bits per heavy atom. The number of fused-ring (bicyclic) bond motifs is 3. The number of terminal acetylenes is 1. The van der Waals surface area contributed by atoms with Gasteiger partial charge in [-0.1, -0.05) is 41.7 Å². The van der Waals surface area contributed by atoms with Gasteiger partial charge in [0.2, 0.25) is 5.79 Å². The number of rotatable bonds is 4. The highest BCUT2D eigenvalue weighted by atomic mass is 32.1. The van der Waals surface area contributed by atoms with Gasteiger partial charge < -0.3 is 14.6 Å². The van der Waals surface area contributed by atoms with Gasteiger partial charge in [-0.3, -0.25) is 4.79 Å². The van der Waals surface area contributed by atoms with E-state index in [9.17, 15) is 14.7 Å². The van der Waals surface area contributed by atoms with Crippen LogP contribution in [0.2, 0.25) is 0 Å². The zero-order valence-electron chi connectivity index (χ0n) is 13.1. The van der Waals surface area contributed by atoms with Crippen molar-refractivity contribution in [1.82, 2.24) is 3.96 Å². The molecule has 0 saturated carbocycles. The summed E-state index contributed by atoms with van der Waals surface area (Å²) in [6.07, 6.45) is 5.07. The summed E-state index contributed by atoms with van der Waals surface area (Å²) in [4.78, 5) is 25.2. The second-order valence-electron chi connectivity index (χ2n) is 5.31. The molecule has 1 aromatic carbocycles. The first kappa shape index (κ1) is 16.5. The Kier molecular flexibility index (Phi) is 4.05. The topological polar surface area (TPSA) is 77.8 Å². The summed E-state index contributed by atoms with van der Waals surface area (Å²) < 4.78 is 11.5. The predicted molar refractivity (Wildman–Crippen MR) is 88.5 cm³/mol. The Labute approximate surface area is 142 Å². The van der Waals surface area contributed by atoms with E-state index in [0.717, 1.165) is 11.5 Å². The lowest BCUT2D eigenvalue weighted by molar-refractivity contribution is -0.154. The lowest BCUT2D eigenvalue weighted by Gasteiger charge is -2.22. The van der Waals surface area contributed by atoms with Crippen LogP contribution >= 0.6 is 11.5 Å². The summed E-state index contributed by atoms with van der Waals surface area (Å²) in [5.74, 6) is -0.105. The number of aromatic nitrogens is 1. The Morgan fingerprint density at radius 1 is 1.50 bits per heavy atom. The van der Waals surface area contributed by atoms with Gasteiger partial charge in [0.05, 0.1) is 10.4 Å². The second kappa shape index (κ2) is 5.91. The highest BCUT2D eigenvalue weighted by Crippen LogP contribution is 2.48. The second-order valence-corrected chi connectivity index (χ2v) is 6.29. The van der Waals surface area contributed by atoms with Crippen LogP contribution in [0.1, 0.15) is 23.4 Å². The Bertz CT molecular complexity index is 906. The number of carbonyl (C=O) groups is 1. The molecule has 1 N–H and O–H groups in total. The summed E-state index contributed by atoms with van der Waals surface area (Å²) in [6, 6.07) is 6.13. The van der Waals surface area contributed by atoms with Crippen LogP contribution in [0.15, 0.2) is 29.1 Å². The van der Waals surface area contributed by atoms with E-state index in [2.05, 4.69) is 5.92 Å². The number of aliphatic hydroxyl groups is 1. The van der Waals surface area contributed by atoms with Crippen molar-refractivity contribution in [2.45, 2.75) is 18.8 Å². The number of carbonyl (C=O) groups excluding carboxylic acids is 1. The molecule has 0 amide bonds. The maximum atomic E-state index is 12.8. The molecule has 1 aliphatic carbocycles. The van der Waals surface area contributed by atoms with E-state index in [1.807, 2.05) is 0 Å².